The zero-order chi connectivity index (χ0) is 9.80. The highest BCUT2D eigenvalue weighted by Crippen LogP contribution is 2.10. The van der Waals surface area contributed by atoms with Gasteiger partial charge in [-0.3, -0.25) is 0 Å². The largest absolute Gasteiger partial charge is 0.308 e. The van der Waals surface area contributed by atoms with Crippen LogP contribution in [0.25, 0.3) is 0 Å². The first-order valence-electron chi connectivity index (χ1n) is 4.13. The third-order valence-electron chi connectivity index (χ3n) is 1.83. The smallest absolute Gasteiger partial charge is 0.144 e. The number of hydrogen-bond acceptors (Lipinski definition) is 5. The van der Waals surface area contributed by atoms with E-state index in [9.17, 15) is 0 Å². The van der Waals surface area contributed by atoms with E-state index in [2.05, 4.69) is 20.5 Å². The summed E-state index contributed by atoms with van der Waals surface area (Å²) in [5.41, 5.74) is 3.51. The minimum atomic E-state index is 0.605. The van der Waals surface area contributed by atoms with E-state index in [1.165, 1.54) is 6.33 Å². The molecule has 0 aliphatic rings. The summed E-state index contributed by atoms with van der Waals surface area (Å²) in [5.74, 6) is 5.98. The molecule has 0 saturated heterocycles. The predicted octanol–water partition coefficient (Wildman–Crippen LogP) is 0.00700. The molecule has 2 aromatic heterocycles. The van der Waals surface area contributed by atoms with E-state index in [4.69, 9.17) is 5.84 Å². The summed E-state index contributed by atoms with van der Waals surface area (Å²) < 4.78 is 1.71. The van der Waals surface area contributed by atoms with Crippen molar-refractivity contribution in [3.05, 3.63) is 36.5 Å². The molecule has 72 valence electrons. The summed E-state index contributed by atoms with van der Waals surface area (Å²) in [6.45, 7) is 0.605. The van der Waals surface area contributed by atoms with Crippen molar-refractivity contribution in [2.45, 2.75) is 6.54 Å². The molecule has 2 aromatic rings. The number of anilines is 1. The van der Waals surface area contributed by atoms with Gasteiger partial charge in [-0.1, -0.05) is 6.07 Å². The number of hydrazine groups is 1. The lowest BCUT2D eigenvalue weighted by atomic mass is 10.2. The fourth-order valence-corrected chi connectivity index (χ4v) is 1.19. The van der Waals surface area contributed by atoms with Crippen LogP contribution in [0.3, 0.4) is 0 Å². The van der Waals surface area contributed by atoms with Crippen molar-refractivity contribution in [3.63, 3.8) is 0 Å². The molecule has 0 aromatic carbocycles. The lowest BCUT2D eigenvalue weighted by Crippen LogP contribution is -2.12. The Kier molecular flexibility index (Phi) is 2.37. The Bertz CT molecular complexity index is 396. The van der Waals surface area contributed by atoms with Crippen molar-refractivity contribution >= 4 is 5.82 Å². The minimum Gasteiger partial charge on any atom is -0.308 e. The third kappa shape index (κ3) is 1.69. The van der Waals surface area contributed by atoms with Gasteiger partial charge < -0.3 is 5.43 Å². The number of nitrogens with zero attached hydrogens (tertiary/aromatic N) is 4. The Labute approximate surface area is 80.8 Å². The van der Waals surface area contributed by atoms with Gasteiger partial charge in [0, 0.05) is 11.8 Å². The maximum atomic E-state index is 5.32. The van der Waals surface area contributed by atoms with Crippen LogP contribution in [0.4, 0.5) is 5.82 Å². The number of nitrogens with one attached hydrogen (secondary N) is 1. The molecule has 6 nitrogen and oxygen atoms in total. The van der Waals surface area contributed by atoms with Crippen LogP contribution in [-0.2, 0) is 6.54 Å². The Morgan fingerprint density at radius 1 is 1.50 bits per heavy atom. The zero-order valence-electron chi connectivity index (χ0n) is 7.46. The molecule has 2 heterocycles. The van der Waals surface area contributed by atoms with Gasteiger partial charge in [0.25, 0.3) is 0 Å². The summed E-state index contributed by atoms with van der Waals surface area (Å²) in [5, 5.41) is 4.00. The Balaban J connectivity index is 2.24. The second kappa shape index (κ2) is 3.84. The van der Waals surface area contributed by atoms with Gasteiger partial charge in [-0.15, -0.1) is 0 Å². The molecule has 0 bridgehead atoms. The average molecular weight is 190 g/mol. The SMILES string of the molecule is NNc1ncccc1Cn1cncn1. The number of nitrogens with two attached hydrogens (primary N) is 1. The summed E-state index contributed by atoms with van der Waals surface area (Å²) in [7, 11) is 0. The first-order valence-corrected chi connectivity index (χ1v) is 4.13. The number of rotatable bonds is 3. The lowest BCUT2D eigenvalue weighted by Gasteiger charge is -2.06. The van der Waals surface area contributed by atoms with Crippen LogP contribution in [0.2, 0.25) is 0 Å². The molecule has 14 heavy (non-hydrogen) atoms. The molecule has 3 N–H and O–H groups in total. The van der Waals surface area contributed by atoms with Gasteiger partial charge in [0.1, 0.15) is 18.5 Å². The van der Waals surface area contributed by atoms with Gasteiger partial charge in [-0.05, 0) is 6.07 Å². The Morgan fingerprint density at radius 2 is 2.43 bits per heavy atom. The van der Waals surface area contributed by atoms with Crippen molar-refractivity contribution in [1.82, 2.24) is 19.7 Å². The van der Waals surface area contributed by atoms with Crippen LogP contribution >= 0.6 is 0 Å². The van der Waals surface area contributed by atoms with E-state index in [0.717, 1.165) is 5.56 Å². The number of pyridine rings is 1. The van der Waals surface area contributed by atoms with Crippen molar-refractivity contribution in [1.29, 1.82) is 0 Å². The molecule has 0 radical (unpaired) electrons. The highest BCUT2D eigenvalue weighted by molar-refractivity contribution is 5.42. The van der Waals surface area contributed by atoms with Gasteiger partial charge >= 0.3 is 0 Å². The van der Waals surface area contributed by atoms with Crippen LogP contribution in [-0.4, -0.2) is 19.7 Å². The monoisotopic (exact) mass is 190 g/mol. The van der Waals surface area contributed by atoms with Gasteiger partial charge in [0.2, 0.25) is 0 Å². The van der Waals surface area contributed by atoms with Crippen LogP contribution in [0.15, 0.2) is 31.0 Å². The molecule has 0 aliphatic heterocycles. The van der Waals surface area contributed by atoms with E-state index >= 15 is 0 Å². The highest BCUT2D eigenvalue weighted by Gasteiger charge is 2.02. The van der Waals surface area contributed by atoms with Crippen molar-refractivity contribution in [3.8, 4) is 0 Å². The van der Waals surface area contributed by atoms with E-state index in [0.29, 0.717) is 12.4 Å². The van der Waals surface area contributed by atoms with Gasteiger partial charge in [0.05, 0.1) is 6.54 Å². The topological polar surface area (TPSA) is 81.6 Å². The van der Waals surface area contributed by atoms with Crippen molar-refractivity contribution < 1.29 is 0 Å². The second-order valence-corrected chi connectivity index (χ2v) is 2.75. The molecular formula is C8H10N6. The minimum absolute atomic E-state index is 0.605. The quantitative estimate of drug-likeness (QED) is 0.526. The van der Waals surface area contributed by atoms with Crippen molar-refractivity contribution in [2.24, 2.45) is 5.84 Å². The molecular weight excluding hydrogens is 180 g/mol. The third-order valence-corrected chi connectivity index (χ3v) is 1.83. The summed E-state index contributed by atoms with van der Waals surface area (Å²) >= 11 is 0. The fourth-order valence-electron chi connectivity index (χ4n) is 1.19. The molecule has 0 amide bonds. The molecule has 0 spiro atoms. The molecule has 0 saturated carbocycles. The number of hydrogen-bond donors (Lipinski definition) is 2. The second-order valence-electron chi connectivity index (χ2n) is 2.75. The molecule has 0 aliphatic carbocycles. The van der Waals surface area contributed by atoms with Gasteiger partial charge in [-0.25, -0.2) is 20.5 Å². The zero-order valence-corrected chi connectivity index (χ0v) is 7.46. The Hall–Kier alpha value is -1.95. The first kappa shape index (κ1) is 8.64. The normalized spacial score (nSPS) is 10.1. The van der Waals surface area contributed by atoms with E-state index < -0.39 is 0 Å². The number of aromatic nitrogens is 4. The summed E-state index contributed by atoms with van der Waals surface area (Å²) in [4.78, 5) is 7.93. The van der Waals surface area contributed by atoms with Gasteiger partial charge in [-0.2, -0.15) is 5.10 Å². The van der Waals surface area contributed by atoms with Gasteiger partial charge in [0.15, 0.2) is 0 Å². The van der Waals surface area contributed by atoms with Crippen molar-refractivity contribution in [2.75, 3.05) is 5.43 Å². The number of nitrogen functional groups attached to an aromatic ring is 1. The van der Waals surface area contributed by atoms with E-state index in [1.54, 1.807) is 17.2 Å². The molecule has 6 heteroatoms. The predicted molar refractivity (Wildman–Crippen MR) is 51.2 cm³/mol. The maximum Gasteiger partial charge on any atom is 0.144 e. The molecule has 0 unspecified atom stereocenters. The van der Waals surface area contributed by atoms with Crippen LogP contribution in [0.1, 0.15) is 5.56 Å². The maximum absolute atomic E-state index is 5.32. The van der Waals surface area contributed by atoms with E-state index in [-0.39, 0.29) is 0 Å². The molecule has 0 fully saturated rings. The average Bonchev–Trinajstić information content (AvgIpc) is 2.71. The molecule has 0 atom stereocenters. The van der Waals surface area contributed by atoms with Crippen LogP contribution in [0.5, 0.6) is 0 Å². The molecule has 2 rings (SSSR count). The van der Waals surface area contributed by atoms with E-state index in [1.807, 2.05) is 12.1 Å². The summed E-state index contributed by atoms with van der Waals surface area (Å²) in [6, 6.07) is 3.79. The van der Waals surface area contributed by atoms with Crippen LogP contribution < -0.4 is 11.3 Å². The summed E-state index contributed by atoms with van der Waals surface area (Å²) in [6.07, 6.45) is 4.82. The lowest BCUT2D eigenvalue weighted by molar-refractivity contribution is 0.684. The van der Waals surface area contributed by atoms with Crippen LogP contribution in [0, 0.1) is 0 Å². The Morgan fingerprint density at radius 3 is 3.14 bits per heavy atom. The first-order chi connectivity index (χ1) is 6.90. The fraction of sp³-hybridized carbons (Fsp3) is 0.125. The highest BCUT2D eigenvalue weighted by atomic mass is 15.3. The standard InChI is InChI=1S/C8H10N6/c9-13-8-7(2-1-3-11-8)4-14-6-10-5-12-14/h1-3,5-6H,4,9H2,(H,11,13).